The number of nitrogens with one attached hydrogen (secondary N) is 2. The molecule has 0 aliphatic carbocycles. The van der Waals surface area contributed by atoms with E-state index in [1.807, 2.05) is 0 Å². The summed E-state index contributed by atoms with van der Waals surface area (Å²) in [5, 5.41) is 5.50. The van der Waals surface area contributed by atoms with Crippen molar-refractivity contribution < 1.29 is 13.2 Å². The average molecular weight is 321 g/mol. The second-order valence-electron chi connectivity index (χ2n) is 5.28. The number of hydrogen-bond donors (Lipinski definition) is 2. The monoisotopic (exact) mass is 321 g/mol. The number of amides is 2. The second-order valence-corrected chi connectivity index (χ2v) is 7.27. The Kier molecular flexibility index (Phi) is 5.06. The number of nitrogens with zero attached hydrogens (tertiary/aromatic N) is 1. The molecule has 1 aromatic carbocycles. The maximum atomic E-state index is 12.0. The van der Waals surface area contributed by atoms with Crippen molar-refractivity contribution in [3.05, 3.63) is 29.8 Å². The molecular weight excluding hydrogens is 302 g/mol. The third-order valence-corrected chi connectivity index (χ3v) is 4.75. The number of carbonyl (C=O) groups is 1. The lowest BCUT2D eigenvalue weighted by molar-refractivity contribution is 0.236. The molecule has 1 aromatic rings. The molecule has 118 valence electrons. The van der Waals surface area contributed by atoms with Gasteiger partial charge in [0.2, 0.25) is 10.0 Å². The van der Waals surface area contributed by atoms with E-state index >= 15 is 0 Å². The van der Waals surface area contributed by atoms with Gasteiger partial charge in [-0.15, -0.1) is 6.42 Å². The number of terminal acetylenes is 1. The van der Waals surface area contributed by atoms with Gasteiger partial charge in [-0.3, -0.25) is 0 Å². The van der Waals surface area contributed by atoms with Crippen LogP contribution in [-0.4, -0.2) is 44.1 Å². The Morgan fingerprint density at radius 1 is 1.45 bits per heavy atom. The molecule has 0 unspecified atom stereocenters. The molecule has 7 heteroatoms. The van der Waals surface area contributed by atoms with Gasteiger partial charge < -0.3 is 10.6 Å². The molecule has 0 aromatic heterocycles. The number of anilines is 1. The SMILES string of the molecule is C#Cc1cccc(NC(=O)N[C@H]2CCCN(S(C)(=O)=O)C2)c1. The predicted molar refractivity (Wildman–Crippen MR) is 86.0 cm³/mol. The Balaban J connectivity index is 1.93. The molecule has 2 rings (SSSR count). The summed E-state index contributed by atoms with van der Waals surface area (Å²) in [7, 11) is -3.22. The third kappa shape index (κ3) is 4.48. The number of urea groups is 1. The van der Waals surface area contributed by atoms with Gasteiger partial charge in [-0.05, 0) is 31.0 Å². The molecule has 22 heavy (non-hydrogen) atoms. The lowest BCUT2D eigenvalue weighted by Gasteiger charge is -2.31. The van der Waals surface area contributed by atoms with Crippen molar-refractivity contribution >= 4 is 21.7 Å². The van der Waals surface area contributed by atoms with E-state index in [1.165, 1.54) is 10.6 Å². The van der Waals surface area contributed by atoms with Crippen LogP contribution >= 0.6 is 0 Å². The molecule has 6 nitrogen and oxygen atoms in total. The Labute approximate surface area is 130 Å². The van der Waals surface area contributed by atoms with E-state index < -0.39 is 10.0 Å². The fourth-order valence-electron chi connectivity index (χ4n) is 2.40. The number of carbonyl (C=O) groups excluding carboxylic acids is 1. The minimum absolute atomic E-state index is 0.195. The van der Waals surface area contributed by atoms with Crippen LogP contribution in [0.1, 0.15) is 18.4 Å². The van der Waals surface area contributed by atoms with Crippen LogP contribution in [0.15, 0.2) is 24.3 Å². The van der Waals surface area contributed by atoms with Gasteiger partial charge in [-0.2, -0.15) is 0 Å². The van der Waals surface area contributed by atoms with Crippen molar-refractivity contribution in [3.8, 4) is 12.3 Å². The quantitative estimate of drug-likeness (QED) is 0.822. The van der Waals surface area contributed by atoms with Crippen LogP contribution in [0.2, 0.25) is 0 Å². The van der Waals surface area contributed by atoms with Crippen molar-refractivity contribution in [2.75, 3.05) is 24.7 Å². The van der Waals surface area contributed by atoms with Gasteiger partial charge in [0.1, 0.15) is 0 Å². The number of sulfonamides is 1. The summed E-state index contributed by atoms with van der Waals surface area (Å²) >= 11 is 0. The average Bonchev–Trinajstić information content (AvgIpc) is 2.46. The second kappa shape index (κ2) is 6.81. The topological polar surface area (TPSA) is 78.5 Å². The molecule has 0 radical (unpaired) electrons. The van der Waals surface area contributed by atoms with E-state index in [2.05, 4.69) is 16.6 Å². The molecule has 1 fully saturated rings. The number of benzene rings is 1. The fraction of sp³-hybridized carbons (Fsp3) is 0.400. The largest absolute Gasteiger partial charge is 0.334 e. The Bertz CT molecular complexity index is 694. The molecule has 1 aliphatic rings. The maximum Gasteiger partial charge on any atom is 0.319 e. The van der Waals surface area contributed by atoms with E-state index in [4.69, 9.17) is 6.42 Å². The fourth-order valence-corrected chi connectivity index (χ4v) is 3.31. The molecule has 2 N–H and O–H groups in total. The molecule has 0 bridgehead atoms. The summed E-state index contributed by atoms with van der Waals surface area (Å²) in [5.74, 6) is 2.50. The molecule has 0 saturated carbocycles. The summed E-state index contributed by atoms with van der Waals surface area (Å²) in [4.78, 5) is 12.0. The van der Waals surface area contributed by atoms with E-state index in [-0.39, 0.29) is 12.1 Å². The van der Waals surface area contributed by atoms with Crippen molar-refractivity contribution in [3.63, 3.8) is 0 Å². The first-order valence-corrected chi connectivity index (χ1v) is 8.82. The van der Waals surface area contributed by atoms with Gasteiger partial charge in [-0.1, -0.05) is 12.0 Å². The number of piperidine rings is 1. The minimum Gasteiger partial charge on any atom is -0.334 e. The molecule has 1 aliphatic heterocycles. The Hall–Kier alpha value is -2.04. The van der Waals surface area contributed by atoms with Crippen molar-refractivity contribution in [2.45, 2.75) is 18.9 Å². The van der Waals surface area contributed by atoms with Crippen LogP contribution in [0, 0.1) is 12.3 Å². The van der Waals surface area contributed by atoms with E-state index in [1.54, 1.807) is 24.3 Å². The molecule has 0 spiro atoms. The summed E-state index contributed by atoms with van der Waals surface area (Å²) < 4.78 is 24.5. The molecule has 1 heterocycles. The lowest BCUT2D eigenvalue weighted by atomic mass is 10.1. The summed E-state index contributed by atoms with van der Waals surface area (Å²) in [6.07, 6.45) is 7.98. The molecular formula is C15H19N3O3S. The molecule has 1 saturated heterocycles. The first-order valence-electron chi connectivity index (χ1n) is 6.98. The van der Waals surface area contributed by atoms with Crippen LogP contribution in [-0.2, 0) is 10.0 Å². The highest BCUT2D eigenvalue weighted by Crippen LogP contribution is 2.14. The standard InChI is InChI=1S/C15H19N3O3S/c1-3-12-6-4-7-13(10-12)16-15(19)17-14-8-5-9-18(11-14)22(2,20)21/h1,4,6-7,10,14H,5,8-9,11H2,2H3,(H2,16,17,19)/t14-/m0/s1. The Morgan fingerprint density at radius 2 is 2.23 bits per heavy atom. The van der Waals surface area contributed by atoms with Gasteiger partial charge in [0.05, 0.1) is 6.26 Å². The smallest absolute Gasteiger partial charge is 0.319 e. The van der Waals surface area contributed by atoms with Crippen molar-refractivity contribution in [1.29, 1.82) is 0 Å². The highest BCUT2D eigenvalue weighted by atomic mass is 32.2. The van der Waals surface area contributed by atoms with E-state index in [0.717, 1.165) is 12.8 Å². The number of rotatable bonds is 3. The Morgan fingerprint density at radius 3 is 2.91 bits per heavy atom. The number of hydrogen-bond acceptors (Lipinski definition) is 3. The van der Waals surface area contributed by atoms with Crippen LogP contribution in [0.25, 0.3) is 0 Å². The van der Waals surface area contributed by atoms with Crippen molar-refractivity contribution in [2.24, 2.45) is 0 Å². The van der Waals surface area contributed by atoms with Crippen LogP contribution in [0.5, 0.6) is 0 Å². The minimum atomic E-state index is -3.22. The van der Waals surface area contributed by atoms with Gasteiger partial charge in [0, 0.05) is 30.4 Å². The van der Waals surface area contributed by atoms with Gasteiger partial charge >= 0.3 is 6.03 Å². The third-order valence-electron chi connectivity index (χ3n) is 3.48. The van der Waals surface area contributed by atoms with Gasteiger partial charge in [0.15, 0.2) is 0 Å². The summed E-state index contributed by atoms with van der Waals surface area (Å²) in [6.45, 7) is 0.805. The van der Waals surface area contributed by atoms with Gasteiger partial charge in [0.25, 0.3) is 0 Å². The molecule has 1 atom stereocenters. The zero-order chi connectivity index (χ0) is 16.2. The zero-order valence-corrected chi connectivity index (χ0v) is 13.2. The highest BCUT2D eigenvalue weighted by molar-refractivity contribution is 7.88. The summed E-state index contributed by atoms with van der Waals surface area (Å²) in [5.41, 5.74) is 1.28. The van der Waals surface area contributed by atoms with Gasteiger partial charge in [-0.25, -0.2) is 17.5 Å². The summed E-state index contributed by atoms with van der Waals surface area (Å²) in [6, 6.07) is 6.41. The molecule has 2 amide bonds. The lowest BCUT2D eigenvalue weighted by Crippen LogP contribution is -2.50. The maximum absolute atomic E-state index is 12.0. The first-order chi connectivity index (χ1) is 10.4. The highest BCUT2D eigenvalue weighted by Gasteiger charge is 2.26. The van der Waals surface area contributed by atoms with Crippen LogP contribution < -0.4 is 10.6 Å². The van der Waals surface area contributed by atoms with E-state index in [9.17, 15) is 13.2 Å². The predicted octanol–water partition coefficient (Wildman–Crippen LogP) is 1.21. The van der Waals surface area contributed by atoms with Crippen LogP contribution in [0.4, 0.5) is 10.5 Å². The van der Waals surface area contributed by atoms with Crippen molar-refractivity contribution in [1.82, 2.24) is 9.62 Å². The normalized spacial score (nSPS) is 19.2. The first kappa shape index (κ1) is 16.3. The van der Waals surface area contributed by atoms with Crippen LogP contribution in [0.3, 0.4) is 0 Å². The zero-order valence-electron chi connectivity index (χ0n) is 12.4. The van der Waals surface area contributed by atoms with E-state index in [0.29, 0.717) is 24.3 Å².